The van der Waals surface area contributed by atoms with Crippen LogP contribution in [0.15, 0.2) is 65.3 Å². The van der Waals surface area contributed by atoms with Crippen LogP contribution in [0, 0.1) is 0 Å². The fourth-order valence-corrected chi connectivity index (χ4v) is 3.92. The van der Waals surface area contributed by atoms with E-state index in [1.54, 1.807) is 17.4 Å². The van der Waals surface area contributed by atoms with Crippen molar-refractivity contribution in [3.8, 4) is 11.3 Å². The Balaban J connectivity index is 1.45. The van der Waals surface area contributed by atoms with Crippen LogP contribution in [0.1, 0.15) is 11.3 Å². The van der Waals surface area contributed by atoms with Gasteiger partial charge in [-0.25, -0.2) is 4.98 Å². The smallest absolute Gasteiger partial charge is 0.222 e. The Labute approximate surface area is 153 Å². The molecule has 3 aromatic heterocycles. The summed E-state index contributed by atoms with van der Waals surface area (Å²) in [6.07, 6.45) is 5.94. The molecule has 0 unspecified atom stereocenters. The highest BCUT2D eigenvalue weighted by atomic mass is 32.1. The first-order valence-corrected chi connectivity index (χ1v) is 8.95. The van der Waals surface area contributed by atoms with Crippen molar-refractivity contribution in [3.63, 3.8) is 0 Å². The fourth-order valence-electron chi connectivity index (χ4n) is 2.92. The summed E-state index contributed by atoms with van der Waals surface area (Å²) < 4.78 is 8.25. The zero-order valence-corrected chi connectivity index (χ0v) is 14.5. The summed E-state index contributed by atoms with van der Waals surface area (Å²) in [6.45, 7) is 0. The standard InChI is InChI=1S/C20H14N4OS/c21-19-11-15(23-25-19)10-7-13-5-8-14(9-6-13)16-12-24-17-3-1-2-4-18(17)26-20(24)22-16/h1-12H,21H2/b10-7+. The van der Waals surface area contributed by atoms with E-state index < -0.39 is 0 Å². The minimum absolute atomic E-state index is 0.312. The Morgan fingerprint density at radius 2 is 1.88 bits per heavy atom. The summed E-state index contributed by atoms with van der Waals surface area (Å²) in [4.78, 5) is 5.78. The van der Waals surface area contributed by atoms with Crippen molar-refractivity contribution in [2.24, 2.45) is 0 Å². The maximum atomic E-state index is 5.52. The summed E-state index contributed by atoms with van der Waals surface area (Å²) in [7, 11) is 0. The molecule has 0 radical (unpaired) electrons. The number of aromatic nitrogens is 3. The molecule has 0 saturated heterocycles. The quantitative estimate of drug-likeness (QED) is 0.495. The first kappa shape index (κ1) is 14.9. The lowest BCUT2D eigenvalue weighted by molar-refractivity contribution is 0.435. The van der Waals surface area contributed by atoms with Gasteiger partial charge in [0.1, 0.15) is 5.69 Å². The van der Waals surface area contributed by atoms with Gasteiger partial charge in [0.25, 0.3) is 0 Å². The van der Waals surface area contributed by atoms with Crippen LogP contribution in [0.2, 0.25) is 0 Å². The van der Waals surface area contributed by atoms with Gasteiger partial charge >= 0.3 is 0 Å². The Morgan fingerprint density at radius 1 is 1.04 bits per heavy atom. The molecular weight excluding hydrogens is 344 g/mol. The molecule has 0 fully saturated rings. The number of thiazole rings is 1. The number of imidazole rings is 1. The third-order valence-electron chi connectivity index (χ3n) is 4.20. The molecule has 0 amide bonds. The van der Waals surface area contributed by atoms with Gasteiger partial charge in [-0.3, -0.25) is 4.40 Å². The molecule has 0 aliphatic carbocycles. The highest BCUT2D eigenvalue weighted by Crippen LogP contribution is 2.29. The number of benzene rings is 2. The number of nitrogens with zero attached hydrogens (tertiary/aromatic N) is 3. The molecule has 5 aromatic rings. The van der Waals surface area contributed by atoms with E-state index in [2.05, 4.69) is 64.3 Å². The van der Waals surface area contributed by atoms with Gasteiger partial charge in [0.05, 0.1) is 15.9 Å². The van der Waals surface area contributed by atoms with Crippen molar-refractivity contribution < 1.29 is 4.52 Å². The Bertz CT molecular complexity index is 1240. The normalized spacial score (nSPS) is 11.8. The molecule has 2 aromatic carbocycles. The average Bonchev–Trinajstić information content (AvgIpc) is 3.34. The SMILES string of the molecule is Nc1cc(/C=C/c2ccc(-c3cn4c(n3)sc3ccccc34)cc2)no1. The van der Waals surface area contributed by atoms with E-state index in [4.69, 9.17) is 15.2 Å². The van der Waals surface area contributed by atoms with Crippen LogP contribution in [0.5, 0.6) is 0 Å². The van der Waals surface area contributed by atoms with Crippen molar-refractivity contribution >= 4 is 44.6 Å². The number of anilines is 1. The zero-order valence-electron chi connectivity index (χ0n) is 13.7. The van der Waals surface area contributed by atoms with Crippen LogP contribution >= 0.6 is 11.3 Å². The molecule has 0 bridgehead atoms. The second kappa shape index (κ2) is 5.86. The first-order chi connectivity index (χ1) is 12.8. The lowest BCUT2D eigenvalue weighted by Crippen LogP contribution is -1.79. The maximum absolute atomic E-state index is 5.52. The van der Waals surface area contributed by atoms with Crippen molar-refractivity contribution in [2.75, 3.05) is 5.73 Å². The van der Waals surface area contributed by atoms with E-state index in [0.717, 1.165) is 21.8 Å². The van der Waals surface area contributed by atoms with Crippen LogP contribution in [-0.4, -0.2) is 14.5 Å². The lowest BCUT2D eigenvalue weighted by atomic mass is 10.1. The number of nitrogen functional groups attached to an aromatic ring is 1. The van der Waals surface area contributed by atoms with Crippen LogP contribution < -0.4 is 5.73 Å². The van der Waals surface area contributed by atoms with Gasteiger partial charge in [-0.1, -0.05) is 59.0 Å². The molecule has 126 valence electrons. The first-order valence-electron chi connectivity index (χ1n) is 8.14. The Hall–Kier alpha value is -3.38. The largest absolute Gasteiger partial charge is 0.368 e. The van der Waals surface area contributed by atoms with Crippen LogP contribution in [0.3, 0.4) is 0 Å². The van der Waals surface area contributed by atoms with E-state index in [1.165, 1.54) is 10.2 Å². The van der Waals surface area contributed by atoms with Gasteiger partial charge in [-0.15, -0.1) is 0 Å². The van der Waals surface area contributed by atoms with Crippen LogP contribution in [0.25, 0.3) is 38.6 Å². The summed E-state index contributed by atoms with van der Waals surface area (Å²) in [6, 6.07) is 18.3. The van der Waals surface area contributed by atoms with Gasteiger partial charge in [-0.05, 0) is 23.8 Å². The summed E-state index contributed by atoms with van der Waals surface area (Å²) in [5, 5.41) is 3.84. The summed E-state index contributed by atoms with van der Waals surface area (Å²) in [5.41, 5.74) is 10.5. The molecule has 5 rings (SSSR count). The minimum Gasteiger partial charge on any atom is -0.368 e. The monoisotopic (exact) mass is 358 g/mol. The fraction of sp³-hybridized carbons (Fsp3) is 0. The minimum atomic E-state index is 0.312. The van der Waals surface area contributed by atoms with Gasteiger partial charge in [-0.2, -0.15) is 0 Å². The van der Waals surface area contributed by atoms with E-state index in [-0.39, 0.29) is 0 Å². The van der Waals surface area contributed by atoms with Crippen molar-refractivity contribution in [3.05, 3.63) is 72.1 Å². The summed E-state index contributed by atoms with van der Waals surface area (Å²) in [5.74, 6) is 0.312. The Kier molecular flexibility index (Phi) is 3.36. The van der Waals surface area contributed by atoms with Gasteiger partial charge in [0, 0.05) is 17.8 Å². The van der Waals surface area contributed by atoms with E-state index in [0.29, 0.717) is 11.6 Å². The predicted molar refractivity (Wildman–Crippen MR) is 106 cm³/mol. The average molecular weight is 358 g/mol. The van der Waals surface area contributed by atoms with Crippen LogP contribution in [-0.2, 0) is 0 Å². The highest BCUT2D eigenvalue weighted by Gasteiger charge is 2.09. The second-order valence-corrected chi connectivity index (χ2v) is 6.97. The molecular formula is C20H14N4OS. The Morgan fingerprint density at radius 3 is 2.69 bits per heavy atom. The van der Waals surface area contributed by atoms with E-state index >= 15 is 0 Å². The molecule has 0 aliphatic rings. The van der Waals surface area contributed by atoms with E-state index in [1.807, 2.05) is 12.2 Å². The summed E-state index contributed by atoms with van der Waals surface area (Å²) >= 11 is 1.70. The molecule has 26 heavy (non-hydrogen) atoms. The number of rotatable bonds is 3. The van der Waals surface area contributed by atoms with Gasteiger partial charge < -0.3 is 10.3 Å². The lowest BCUT2D eigenvalue weighted by Gasteiger charge is -1.98. The van der Waals surface area contributed by atoms with Crippen molar-refractivity contribution in [2.45, 2.75) is 0 Å². The number of fused-ring (bicyclic) bond motifs is 3. The van der Waals surface area contributed by atoms with Crippen LogP contribution in [0.4, 0.5) is 5.88 Å². The highest BCUT2D eigenvalue weighted by molar-refractivity contribution is 7.23. The number of hydrogen-bond acceptors (Lipinski definition) is 5. The zero-order chi connectivity index (χ0) is 17.5. The number of para-hydroxylation sites is 1. The van der Waals surface area contributed by atoms with Crippen molar-refractivity contribution in [1.82, 2.24) is 14.5 Å². The molecule has 2 N–H and O–H groups in total. The molecule has 6 heteroatoms. The molecule has 0 atom stereocenters. The predicted octanol–water partition coefficient (Wildman–Crippen LogP) is 4.96. The molecule has 5 nitrogen and oxygen atoms in total. The second-order valence-electron chi connectivity index (χ2n) is 5.96. The van der Waals surface area contributed by atoms with Gasteiger partial charge in [0.15, 0.2) is 4.96 Å². The molecule has 0 saturated carbocycles. The maximum Gasteiger partial charge on any atom is 0.222 e. The molecule has 0 spiro atoms. The number of hydrogen-bond donors (Lipinski definition) is 1. The van der Waals surface area contributed by atoms with E-state index in [9.17, 15) is 0 Å². The third kappa shape index (κ3) is 2.57. The molecule has 0 aliphatic heterocycles. The third-order valence-corrected chi connectivity index (χ3v) is 5.23. The van der Waals surface area contributed by atoms with Crippen molar-refractivity contribution in [1.29, 1.82) is 0 Å². The topological polar surface area (TPSA) is 69.3 Å². The number of nitrogens with two attached hydrogens (primary N) is 1. The molecule has 3 heterocycles. The van der Waals surface area contributed by atoms with Gasteiger partial charge in [0.2, 0.25) is 5.88 Å².